The Morgan fingerprint density at radius 3 is 2.68 bits per heavy atom. The van der Waals surface area contributed by atoms with E-state index in [2.05, 4.69) is 56.6 Å². The first-order valence-electron chi connectivity index (χ1n) is 9.36. The van der Waals surface area contributed by atoms with Gasteiger partial charge in [-0.1, -0.05) is 23.7 Å². The molecule has 0 amide bonds. The van der Waals surface area contributed by atoms with Crippen LogP contribution in [-0.2, 0) is 6.54 Å². The Kier molecular flexibility index (Phi) is 5.10. The average Bonchev–Trinajstić information content (AvgIpc) is 3.13. The molecule has 1 atom stereocenters. The third-order valence-electron chi connectivity index (χ3n) is 5.31. The second-order valence-corrected chi connectivity index (χ2v) is 7.19. The first-order valence-corrected chi connectivity index (χ1v) is 9.36. The summed E-state index contributed by atoms with van der Waals surface area (Å²) in [5.41, 5.74) is 2.34. The molecule has 3 heterocycles. The van der Waals surface area contributed by atoms with Crippen molar-refractivity contribution in [1.29, 1.82) is 0 Å². The highest BCUT2D eigenvalue weighted by molar-refractivity contribution is 5.53. The monoisotopic (exact) mass is 341 g/mol. The molecule has 134 valence electrons. The van der Waals surface area contributed by atoms with Gasteiger partial charge in [-0.25, -0.2) is 0 Å². The predicted octanol–water partition coefficient (Wildman–Crippen LogP) is 2.30. The van der Waals surface area contributed by atoms with Crippen molar-refractivity contribution in [2.45, 2.75) is 31.8 Å². The Balaban J connectivity index is 1.43. The van der Waals surface area contributed by atoms with Crippen molar-refractivity contribution in [3.05, 3.63) is 35.7 Å². The maximum absolute atomic E-state index is 5.52. The molecule has 1 unspecified atom stereocenters. The lowest BCUT2D eigenvalue weighted by molar-refractivity contribution is 0.190. The SMILES string of the molecule is CN1CCNCC1c1noc(-c2ccc(CN3CCCCC3)cc2)n1. The van der Waals surface area contributed by atoms with Crippen LogP contribution in [0.1, 0.15) is 36.7 Å². The quantitative estimate of drug-likeness (QED) is 0.921. The van der Waals surface area contributed by atoms with E-state index in [1.54, 1.807) is 0 Å². The van der Waals surface area contributed by atoms with Gasteiger partial charge in [-0.3, -0.25) is 9.80 Å². The smallest absolute Gasteiger partial charge is 0.257 e. The lowest BCUT2D eigenvalue weighted by Crippen LogP contribution is -2.44. The number of piperazine rings is 1. The summed E-state index contributed by atoms with van der Waals surface area (Å²) >= 11 is 0. The summed E-state index contributed by atoms with van der Waals surface area (Å²) in [7, 11) is 2.11. The standard InChI is InChI=1S/C19H27N5O/c1-23-12-9-20-13-17(23)18-21-19(25-22-18)16-7-5-15(6-8-16)14-24-10-3-2-4-11-24/h5-8,17,20H,2-4,9-14H2,1H3. The van der Waals surface area contributed by atoms with Crippen molar-refractivity contribution in [3.63, 3.8) is 0 Å². The minimum absolute atomic E-state index is 0.185. The molecule has 25 heavy (non-hydrogen) atoms. The highest BCUT2D eigenvalue weighted by Gasteiger charge is 2.25. The number of hydrogen-bond donors (Lipinski definition) is 1. The number of nitrogens with zero attached hydrogens (tertiary/aromatic N) is 4. The van der Waals surface area contributed by atoms with E-state index in [1.165, 1.54) is 37.9 Å². The Morgan fingerprint density at radius 1 is 1.12 bits per heavy atom. The second-order valence-electron chi connectivity index (χ2n) is 7.19. The number of benzene rings is 1. The topological polar surface area (TPSA) is 57.4 Å². The molecule has 0 aliphatic carbocycles. The van der Waals surface area contributed by atoms with E-state index < -0.39 is 0 Å². The van der Waals surface area contributed by atoms with Crippen LogP contribution >= 0.6 is 0 Å². The van der Waals surface area contributed by atoms with E-state index in [9.17, 15) is 0 Å². The minimum atomic E-state index is 0.185. The predicted molar refractivity (Wildman–Crippen MR) is 97.1 cm³/mol. The van der Waals surface area contributed by atoms with Gasteiger partial charge in [0.1, 0.15) is 0 Å². The molecular formula is C19H27N5O. The minimum Gasteiger partial charge on any atom is -0.334 e. The van der Waals surface area contributed by atoms with Crippen LogP contribution in [0.4, 0.5) is 0 Å². The number of aromatic nitrogens is 2. The molecule has 4 rings (SSSR count). The van der Waals surface area contributed by atoms with E-state index >= 15 is 0 Å². The van der Waals surface area contributed by atoms with Crippen LogP contribution < -0.4 is 5.32 Å². The van der Waals surface area contributed by atoms with Crippen LogP contribution in [0.25, 0.3) is 11.5 Å². The lowest BCUT2D eigenvalue weighted by Gasteiger charge is -2.30. The van der Waals surface area contributed by atoms with Gasteiger partial charge in [-0.2, -0.15) is 4.98 Å². The molecule has 0 bridgehead atoms. The first kappa shape index (κ1) is 16.7. The molecule has 2 aliphatic rings. The summed E-state index contributed by atoms with van der Waals surface area (Å²) in [5, 5.41) is 7.60. The van der Waals surface area contributed by atoms with Gasteiger partial charge >= 0.3 is 0 Å². The first-order chi connectivity index (χ1) is 12.3. The van der Waals surface area contributed by atoms with Gasteiger partial charge in [-0.15, -0.1) is 0 Å². The highest BCUT2D eigenvalue weighted by Crippen LogP contribution is 2.23. The zero-order chi connectivity index (χ0) is 17.1. The molecule has 2 saturated heterocycles. The number of rotatable bonds is 4. The van der Waals surface area contributed by atoms with Crippen molar-refractivity contribution in [3.8, 4) is 11.5 Å². The zero-order valence-electron chi connectivity index (χ0n) is 14.9. The van der Waals surface area contributed by atoms with E-state index in [1.807, 2.05) is 0 Å². The van der Waals surface area contributed by atoms with Crippen molar-refractivity contribution in [2.24, 2.45) is 0 Å². The van der Waals surface area contributed by atoms with Crippen LogP contribution in [-0.4, -0.2) is 59.7 Å². The summed E-state index contributed by atoms with van der Waals surface area (Å²) in [4.78, 5) is 9.44. The fourth-order valence-electron chi connectivity index (χ4n) is 3.71. The fraction of sp³-hybridized carbons (Fsp3) is 0.579. The van der Waals surface area contributed by atoms with Gasteiger partial charge in [0, 0.05) is 31.7 Å². The van der Waals surface area contributed by atoms with Gasteiger partial charge in [0.2, 0.25) is 0 Å². The molecule has 2 fully saturated rings. The van der Waals surface area contributed by atoms with Crippen LogP contribution in [0.2, 0.25) is 0 Å². The summed E-state index contributed by atoms with van der Waals surface area (Å²) in [6.45, 7) is 6.35. The summed E-state index contributed by atoms with van der Waals surface area (Å²) in [6.07, 6.45) is 4.03. The zero-order valence-corrected chi connectivity index (χ0v) is 14.9. The van der Waals surface area contributed by atoms with Gasteiger partial charge in [0.15, 0.2) is 5.82 Å². The van der Waals surface area contributed by atoms with Gasteiger partial charge in [0.25, 0.3) is 5.89 Å². The maximum atomic E-state index is 5.52. The number of likely N-dealkylation sites (N-methyl/N-ethyl adjacent to an activating group) is 1. The molecule has 2 aromatic rings. The molecule has 1 N–H and O–H groups in total. The van der Waals surface area contributed by atoms with E-state index in [4.69, 9.17) is 4.52 Å². The molecular weight excluding hydrogens is 314 g/mol. The van der Waals surface area contributed by atoms with E-state index in [-0.39, 0.29) is 6.04 Å². The fourth-order valence-corrected chi connectivity index (χ4v) is 3.71. The van der Waals surface area contributed by atoms with Crippen molar-refractivity contribution < 1.29 is 4.52 Å². The molecule has 1 aromatic heterocycles. The van der Waals surface area contributed by atoms with Gasteiger partial charge < -0.3 is 9.84 Å². The van der Waals surface area contributed by atoms with Gasteiger partial charge in [0.05, 0.1) is 6.04 Å². The largest absolute Gasteiger partial charge is 0.334 e. The average molecular weight is 341 g/mol. The molecule has 6 nitrogen and oxygen atoms in total. The van der Waals surface area contributed by atoms with Gasteiger partial charge in [-0.05, 0) is 50.7 Å². The Labute approximate surface area is 149 Å². The lowest BCUT2D eigenvalue weighted by atomic mass is 10.1. The molecule has 2 aliphatic heterocycles. The molecule has 0 radical (unpaired) electrons. The molecule has 1 aromatic carbocycles. The molecule has 0 saturated carbocycles. The van der Waals surface area contributed by atoms with Crippen molar-refractivity contribution in [2.75, 3.05) is 39.8 Å². The summed E-state index contributed by atoms with van der Waals surface area (Å²) < 4.78 is 5.52. The normalized spacial score (nSPS) is 23.0. The number of nitrogens with one attached hydrogen (secondary N) is 1. The Morgan fingerprint density at radius 2 is 1.92 bits per heavy atom. The second kappa shape index (κ2) is 7.64. The third kappa shape index (κ3) is 3.92. The van der Waals surface area contributed by atoms with Crippen molar-refractivity contribution >= 4 is 0 Å². The number of likely N-dealkylation sites (tertiary alicyclic amines) is 1. The maximum Gasteiger partial charge on any atom is 0.257 e. The van der Waals surface area contributed by atoms with Crippen LogP contribution in [0.15, 0.2) is 28.8 Å². The van der Waals surface area contributed by atoms with Crippen LogP contribution in [0.3, 0.4) is 0 Å². The molecule has 0 spiro atoms. The third-order valence-corrected chi connectivity index (χ3v) is 5.31. The van der Waals surface area contributed by atoms with Crippen LogP contribution in [0, 0.1) is 0 Å². The van der Waals surface area contributed by atoms with Crippen LogP contribution in [0.5, 0.6) is 0 Å². The summed E-state index contributed by atoms with van der Waals surface area (Å²) in [5.74, 6) is 1.38. The van der Waals surface area contributed by atoms with E-state index in [0.29, 0.717) is 5.89 Å². The number of piperidine rings is 1. The van der Waals surface area contributed by atoms with E-state index in [0.717, 1.165) is 37.6 Å². The summed E-state index contributed by atoms with van der Waals surface area (Å²) in [6, 6.07) is 8.74. The van der Waals surface area contributed by atoms with Crippen molar-refractivity contribution in [1.82, 2.24) is 25.3 Å². The molecule has 6 heteroatoms. The highest BCUT2D eigenvalue weighted by atomic mass is 16.5. The number of hydrogen-bond acceptors (Lipinski definition) is 6. The Bertz CT molecular complexity index is 677. The Hall–Kier alpha value is -1.76.